The second-order valence-corrected chi connectivity index (χ2v) is 6.30. The van der Waals surface area contributed by atoms with Crippen LogP contribution in [0.1, 0.15) is 26.3 Å². The summed E-state index contributed by atoms with van der Waals surface area (Å²) in [6.07, 6.45) is 3.64. The molecule has 1 N–H and O–H groups in total. The third-order valence-electron chi connectivity index (χ3n) is 3.30. The van der Waals surface area contributed by atoms with Gasteiger partial charge in [0.15, 0.2) is 0 Å². The van der Waals surface area contributed by atoms with Crippen molar-refractivity contribution in [3.63, 3.8) is 0 Å². The van der Waals surface area contributed by atoms with Crippen LogP contribution in [-0.2, 0) is 6.54 Å². The lowest BCUT2D eigenvalue weighted by molar-refractivity contribution is 0.131. The number of hydrogen-bond donors (Lipinski definition) is 1. The zero-order valence-electron chi connectivity index (χ0n) is 12.6. The van der Waals surface area contributed by atoms with Crippen LogP contribution in [0.4, 0.5) is 4.79 Å². The Balaban J connectivity index is 1.79. The smallest absolute Gasteiger partial charge is 0.317 e. The zero-order valence-corrected chi connectivity index (χ0v) is 12.6. The quantitative estimate of drug-likeness (QED) is 0.894. The minimum atomic E-state index is -0.175. The third-order valence-corrected chi connectivity index (χ3v) is 3.30. The van der Waals surface area contributed by atoms with E-state index in [0.29, 0.717) is 0 Å². The van der Waals surface area contributed by atoms with E-state index in [2.05, 4.69) is 15.2 Å². The van der Waals surface area contributed by atoms with Crippen LogP contribution in [0.5, 0.6) is 0 Å². The first-order valence-corrected chi connectivity index (χ1v) is 7.12. The summed E-state index contributed by atoms with van der Waals surface area (Å²) in [6.45, 7) is 10.3. The lowest BCUT2D eigenvalue weighted by Crippen LogP contribution is -2.54. The van der Waals surface area contributed by atoms with E-state index in [1.807, 2.05) is 50.2 Å². The molecule has 0 atom stereocenters. The van der Waals surface area contributed by atoms with E-state index in [1.165, 1.54) is 5.56 Å². The Labute approximate surface area is 121 Å². The Kier molecular flexibility index (Phi) is 4.60. The van der Waals surface area contributed by atoms with Crippen LogP contribution in [0, 0.1) is 0 Å². The van der Waals surface area contributed by atoms with Gasteiger partial charge in [0.1, 0.15) is 0 Å². The number of carbonyl (C=O) groups is 1. The summed E-state index contributed by atoms with van der Waals surface area (Å²) >= 11 is 0. The first-order valence-electron chi connectivity index (χ1n) is 7.12. The number of amides is 2. The molecule has 1 aromatic heterocycles. The van der Waals surface area contributed by atoms with Gasteiger partial charge in [-0.3, -0.25) is 9.88 Å². The first kappa shape index (κ1) is 14.8. The molecule has 1 aliphatic heterocycles. The molecule has 1 aromatic rings. The molecule has 2 rings (SSSR count). The molecule has 0 bridgehead atoms. The molecule has 5 nitrogen and oxygen atoms in total. The average molecular weight is 276 g/mol. The van der Waals surface area contributed by atoms with Gasteiger partial charge in [-0.05, 0) is 38.5 Å². The molecule has 2 heterocycles. The topological polar surface area (TPSA) is 48.5 Å². The largest absolute Gasteiger partial charge is 0.333 e. The molecule has 0 aromatic carbocycles. The van der Waals surface area contributed by atoms with Crippen molar-refractivity contribution in [3.05, 3.63) is 30.1 Å². The number of nitrogens with zero attached hydrogens (tertiary/aromatic N) is 3. The van der Waals surface area contributed by atoms with E-state index in [0.717, 1.165) is 32.7 Å². The predicted octanol–water partition coefficient (Wildman–Crippen LogP) is 1.71. The monoisotopic (exact) mass is 276 g/mol. The fourth-order valence-electron chi connectivity index (χ4n) is 2.26. The van der Waals surface area contributed by atoms with Gasteiger partial charge in [0.25, 0.3) is 0 Å². The number of aromatic nitrogens is 1. The van der Waals surface area contributed by atoms with Crippen LogP contribution in [0.2, 0.25) is 0 Å². The molecule has 110 valence electrons. The number of urea groups is 1. The maximum atomic E-state index is 12.1. The van der Waals surface area contributed by atoms with Crippen molar-refractivity contribution in [1.29, 1.82) is 0 Å². The molecule has 5 heteroatoms. The van der Waals surface area contributed by atoms with Gasteiger partial charge in [0, 0.05) is 50.7 Å². The van der Waals surface area contributed by atoms with E-state index < -0.39 is 0 Å². The summed E-state index contributed by atoms with van der Waals surface area (Å²) in [6, 6.07) is 4.12. The molecular formula is C15H24N4O. The van der Waals surface area contributed by atoms with Crippen LogP contribution in [0.15, 0.2) is 24.5 Å². The van der Waals surface area contributed by atoms with Crippen LogP contribution >= 0.6 is 0 Å². The van der Waals surface area contributed by atoms with E-state index in [1.54, 1.807) is 0 Å². The SMILES string of the molecule is CC(C)(C)NC(=O)N1CCN(Cc2ccncc2)CC1. The standard InChI is InChI=1S/C15H24N4O/c1-15(2,3)17-14(20)19-10-8-18(9-11-19)12-13-4-6-16-7-5-13/h4-7H,8-12H2,1-3H3,(H,17,20). The summed E-state index contributed by atoms with van der Waals surface area (Å²) in [7, 11) is 0. The lowest BCUT2D eigenvalue weighted by Gasteiger charge is -2.36. The van der Waals surface area contributed by atoms with E-state index in [4.69, 9.17) is 0 Å². The van der Waals surface area contributed by atoms with Crippen molar-refractivity contribution in [2.75, 3.05) is 26.2 Å². The molecule has 1 saturated heterocycles. The second-order valence-electron chi connectivity index (χ2n) is 6.30. The molecule has 0 aliphatic carbocycles. The highest BCUT2D eigenvalue weighted by atomic mass is 16.2. The summed E-state index contributed by atoms with van der Waals surface area (Å²) in [5.41, 5.74) is 1.10. The average Bonchev–Trinajstić information content (AvgIpc) is 2.39. The minimum absolute atomic E-state index is 0.0426. The molecule has 0 saturated carbocycles. The number of carbonyl (C=O) groups excluding carboxylic acids is 1. The van der Waals surface area contributed by atoms with Crippen LogP contribution < -0.4 is 5.32 Å². The van der Waals surface area contributed by atoms with Gasteiger partial charge >= 0.3 is 6.03 Å². The Bertz CT molecular complexity index is 433. The van der Waals surface area contributed by atoms with Crippen molar-refractivity contribution < 1.29 is 4.79 Å². The number of piperazine rings is 1. The van der Waals surface area contributed by atoms with Gasteiger partial charge in [0.05, 0.1) is 0 Å². The highest BCUT2D eigenvalue weighted by molar-refractivity contribution is 5.75. The fourth-order valence-corrected chi connectivity index (χ4v) is 2.26. The van der Waals surface area contributed by atoms with Gasteiger partial charge in [-0.15, -0.1) is 0 Å². The molecule has 0 spiro atoms. The van der Waals surface area contributed by atoms with E-state index >= 15 is 0 Å². The van der Waals surface area contributed by atoms with Gasteiger partial charge in [-0.25, -0.2) is 4.79 Å². The minimum Gasteiger partial charge on any atom is -0.333 e. The number of hydrogen-bond acceptors (Lipinski definition) is 3. The predicted molar refractivity (Wildman–Crippen MR) is 79.4 cm³/mol. The van der Waals surface area contributed by atoms with Gasteiger partial charge < -0.3 is 10.2 Å². The number of pyridine rings is 1. The van der Waals surface area contributed by atoms with E-state index in [-0.39, 0.29) is 11.6 Å². The molecule has 2 amide bonds. The van der Waals surface area contributed by atoms with Gasteiger partial charge in [-0.1, -0.05) is 0 Å². The molecule has 20 heavy (non-hydrogen) atoms. The number of nitrogens with one attached hydrogen (secondary N) is 1. The fraction of sp³-hybridized carbons (Fsp3) is 0.600. The summed E-state index contributed by atoms with van der Waals surface area (Å²) in [5.74, 6) is 0. The molecule has 1 fully saturated rings. The first-order chi connectivity index (χ1) is 9.44. The normalized spacial score (nSPS) is 17.1. The van der Waals surface area contributed by atoms with Crippen LogP contribution in [-0.4, -0.2) is 52.5 Å². The molecule has 1 aliphatic rings. The number of rotatable bonds is 2. The zero-order chi connectivity index (χ0) is 14.6. The van der Waals surface area contributed by atoms with Crippen molar-refractivity contribution in [3.8, 4) is 0 Å². The Morgan fingerprint density at radius 1 is 1.20 bits per heavy atom. The van der Waals surface area contributed by atoms with Crippen molar-refractivity contribution in [1.82, 2.24) is 20.1 Å². The Morgan fingerprint density at radius 2 is 1.80 bits per heavy atom. The van der Waals surface area contributed by atoms with E-state index in [9.17, 15) is 4.79 Å². The highest BCUT2D eigenvalue weighted by Crippen LogP contribution is 2.09. The van der Waals surface area contributed by atoms with Crippen LogP contribution in [0.3, 0.4) is 0 Å². The van der Waals surface area contributed by atoms with Gasteiger partial charge in [-0.2, -0.15) is 0 Å². The maximum Gasteiger partial charge on any atom is 0.317 e. The summed E-state index contributed by atoms with van der Waals surface area (Å²) in [5, 5.41) is 3.01. The lowest BCUT2D eigenvalue weighted by atomic mass is 10.1. The highest BCUT2D eigenvalue weighted by Gasteiger charge is 2.23. The van der Waals surface area contributed by atoms with Crippen molar-refractivity contribution >= 4 is 6.03 Å². The summed E-state index contributed by atoms with van der Waals surface area (Å²) < 4.78 is 0. The molecule has 0 radical (unpaired) electrons. The van der Waals surface area contributed by atoms with Crippen LogP contribution in [0.25, 0.3) is 0 Å². The Hall–Kier alpha value is -1.62. The Morgan fingerprint density at radius 3 is 2.35 bits per heavy atom. The maximum absolute atomic E-state index is 12.1. The van der Waals surface area contributed by atoms with Crippen molar-refractivity contribution in [2.24, 2.45) is 0 Å². The third kappa shape index (κ3) is 4.49. The van der Waals surface area contributed by atoms with Gasteiger partial charge in [0.2, 0.25) is 0 Å². The molecule has 0 unspecified atom stereocenters. The van der Waals surface area contributed by atoms with Crippen molar-refractivity contribution in [2.45, 2.75) is 32.9 Å². The second kappa shape index (κ2) is 6.22. The molecular weight excluding hydrogens is 252 g/mol. The summed E-state index contributed by atoms with van der Waals surface area (Å²) in [4.78, 5) is 20.4.